The van der Waals surface area contributed by atoms with Gasteiger partial charge in [0.25, 0.3) is 0 Å². The molecule has 132 valence electrons. The van der Waals surface area contributed by atoms with E-state index < -0.39 is 5.97 Å². The Labute approximate surface area is 151 Å². The van der Waals surface area contributed by atoms with Crippen LogP contribution in [-0.4, -0.2) is 16.9 Å². The van der Waals surface area contributed by atoms with Crippen LogP contribution < -0.4 is 10.4 Å². The second-order valence-electron chi connectivity index (χ2n) is 6.70. The molecule has 5 heteroatoms. The molecule has 1 atom stereocenters. The van der Waals surface area contributed by atoms with Crippen molar-refractivity contribution >= 4 is 22.8 Å². The number of H-pyrrole nitrogens is 1. The summed E-state index contributed by atoms with van der Waals surface area (Å²) in [6, 6.07) is 15.4. The van der Waals surface area contributed by atoms with Gasteiger partial charge in [0.05, 0.1) is 24.1 Å². The largest absolute Gasteiger partial charge is 0.543 e. The molecule has 0 fully saturated rings. The van der Waals surface area contributed by atoms with Crippen LogP contribution >= 0.6 is 0 Å². The number of carboxylic acid groups (broad SMARTS) is 1. The van der Waals surface area contributed by atoms with Crippen molar-refractivity contribution in [2.75, 3.05) is 0 Å². The topological polar surface area (TPSA) is 85.0 Å². The summed E-state index contributed by atoms with van der Waals surface area (Å²) < 4.78 is 0. The minimum Gasteiger partial charge on any atom is -0.543 e. The summed E-state index contributed by atoms with van der Waals surface area (Å²) >= 11 is 0. The van der Waals surface area contributed by atoms with E-state index in [-0.39, 0.29) is 24.1 Å². The molecule has 1 amide bonds. The number of carbonyl (C=O) groups is 2. The normalized spacial score (nSPS) is 16.2. The zero-order valence-electron chi connectivity index (χ0n) is 14.2. The lowest BCUT2D eigenvalue weighted by Crippen LogP contribution is -2.33. The van der Waals surface area contributed by atoms with Gasteiger partial charge in [0.15, 0.2) is 0 Å². The molecule has 5 nitrogen and oxygen atoms in total. The molecule has 2 N–H and O–H groups in total. The standard InChI is InChI=1S/C21H20N2O3/c24-19(22-17-11-5-7-13-6-1-2-8-14(13)17)12-16-15-9-3-4-10-18(15)23-20(16)21(25)26/h1-4,6,8-10,17,23H,5,7,11-12H2,(H,22,24)(H,25,26)/p-1. The summed E-state index contributed by atoms with van der Waals surface area (Å²) in [5, 5.41) is 15.3. The van der Waals surface area contributed by atoms with Crippen LogP contribution in [0, 0.1) is 0 Å². The summed E-state index contributed by atoms with van der Waals surface area (Å²) in [4.78, 5) is 27.0. The number of aromatic amines is 1. The third-order valence-electron chi connectivity index (χ3n) is 5.06. The van der Waals surface area contributed by atoms with E-state index in [1.165, 1.54) is 5.56 Å². The number of aryl methyl sites for hydroxylation is 1. The van der Waals surface area contributed by atoms with Crippen LogP contribution in [0.25, 0.3) is 10.9 Å². The molecular formula is C21H19N2O3-. The second-order valence-corrected chi connectivity index (χ2v) is 6.70. The van der Waals surface area contributed by atoms with E-state index in [1.807, 2.05) is 30.3 Å². The van der Waals surface area contributed by atoms with Crippen molar-refractivity contribution in [2.24, 2.45) is 0 Å². The minimum atomic E-state index is -1.30. The Hall–Kier alpha value is -3.08. The van der Waals surface area contributed by atoms with E-state index in [0.717, 1.165) is 30.2 Å². The number of carboxylic acids is 1. The number of hydrogen-bond donors (Lipinski definition) is 2. The average molecular weight is 347 g/mol. The van der Waals surface area contributed by atoms with E-state index in [0.29, 0.717) is 11.1 Å². The number of aromatic carboxylic acids is 1. The summed E-state index contributed by atoms with van der Waals surface area (Å²) in [5.41, 5.74) is 3.57. The first kappa shape index (κ1) is 16.4. The molecule has 26 heavy (non-hydrogen) atoms. The molecule has 0 bridgehead atoms. The maximum Gasteiger partial charge on any atom is 0.225 e. The van der Waals surface area contributed by atoms with E-state index in [4.69, 9.17) is 0 Å². The number of carbonyl (C=O) groups excluding carboxylic acids is 2. The summed E-state index contributed by atoms with van der Waals surface area (Å²) in [7, 11) is 0. The van der Waals surface area contributed by atoms with Gasteiger partial charge in [-0.25, -0.2) is 0 Å². The van der Waals surface area contributed by atoms with Gasteiger partial charge in [-0.2, -0.15) is 0 Å². The molecule has 0 saturated heterocycles. The highest BCUT2D eigenvalue weighted by Gasteiger charge is 2.22. The molecule has 2 aromatic carbocycles. The van der Waals surface area contributed by atoms with Crippen molar-refractivity contribution in [2.45, 2.75) is 31.7 Å². The number of rotatable bonds is 4. The molecule has 0 saturated carbocycles. The Morgan fingerprint density at radius 2 is 1.88 bits per heavy atom. The maximum absolute atomic E-state index is 12.7. The van der Waals surface area contributed by atoms with Crippen LogP contribution in [0.2, 0.25) is 0 Å². The first-order valence-electron chi connectivity index (χ1n) is 8.81. The third-order valence-corrected chi connectivity index (χ3v) is 5.06. The van der Waals surface area contributed by atoms with Crippen LogP contribution in [0.15, 0.2) is 48.5 Å². The summed E-state index contributed by atoms with van der Waals surface area (Å²) in [6.45, 7) is 0. The van der Waals surface area contributed by atoms with Crippen molar-refractivity contribution in [1.82, 2.24) is 10.3 Å². The third kappa shape index (κ3) is 2.96. The predicted molar refractivity (Wildman–Crippen MR) is 96.6 cm³/mol. The highest BCUT2D eigenvalue weighted by Crippen LogP contribution is 2.30. The van der Waals surface area contributed by atoms with Crippen LogP contribution in [0.3, 0.4) is 0 Å². The zero-order chi connectivity index (χ0) is 18.1. The molecule has 4 rings (SSSR count). The van der Waals surface area contributed by atoms with Gasteiger partial charge in [-0.15, -0.1) is 0 Å². The maximum atomic E-state index is 12.7. The van der Waals surface area contributed by atoms with E-state index in [2.05, 4.69) is 22.4 Å². The van der Waals surface area contributed by atoms with Gasteiger partial charge < -0.3 is 20.2 Å². The number of fused-ring (bicyclic) bond motifs is 2. The lowest BCUT2D eigenvalue weighted by molar-refractivity contribution is -0.255. The molecule has 0 spiro atoms. The quantitative estimate of drug-likeness (QED) is 0.759. The van der Waals surface area contributed by atoms with Crippen molar-refractivity contribution in [3.8, 4) is 0 Å². The van der Waals surface area contributed by atoms with Gasteiger partial charge in [-0.1, -0.05) is 42.5 Å². The van der Waals surface area contributed by atoms with Gasteiger partial charge in [0.2, 0.25) is 5.91 Å². The minimum absolute atomic E-state index is 0.00595. The highest BCUT2D eigenvalue weighted by atomic mass is 16.4. The smallest absolute Gasteiger partial charge is 0.225 e. The average Bonchev–Trinajstić information content (AvgIpc) is 3.01. The zero-order valence-corrected chi connectivity index (χ0v) is 14.2. The Morgan fingerprint density at radius 1 is 1.12 bits per heavy atom. The predicted octanol–water partition coefficient (Wildman–Crippen LogP) is 2.27. The molecule has 3 aromatic rings. The van der Waals surface area contributed by atoms with Crippen molar-refractivity contribution in [3.63, 3.8) is 0 Å². The Morgan fingerprint density at radius 3 is 2.73 bits per heavy atom. The van der Waals surface area contributed by atoms with Gasteiger partial charge in [0.1, 0.15) is 0 Å². The molecule has 1 unspecified atom stereocenters. The first-order valence-corrected chi connectivity index (χ1v) is 8.81. The first-order chi connectivity index (χ1) is 12.6. The fourth-order valence-electron chi connectivity index (χ4n) is 3.87. The fourth-order valence-corrected chi connectivity index (χ4v) is 3.87. The van der Waals surface area contributed by atoms with Crippen LogP contribution in [0.5, 0.6) is 0 Å². The summed E-state index contributed by atoms with van der Waals surface area (Å²) in [6.07, 6.45) is 2.95. The van der Waals surface area contributed by atoms with Crippen LogP contribution in [0.1, 0.15) is 46.1 Å². The van der Waals surface area contributed by atoms with Crippen molar-refractivity contribution in [1.29, 1.82) is 0 Å². The van der Waals surface area contributed by atoms with Crippen molar-refractivity contribution < 1.29 is 14.7 Å². The molecule has 1 aliphatic rings. The van der Waals surface area contributed by atoms with Gasteiger partial charge in [-0.05, 0) is 42.0 Å². The highest BCUT2D eigenvalue weighted by molar-refractivity contribution is 5.99. The van der Waals surface area contributed by atoms with E-state index >= 15 is 0 Å². The number of hydrogen-bond acceptors (Lipinski definition) is 3. The van der Waals surface area contributed by atoms with E-state index in [1.54, 1.807) is 6.07 Å². The number of amides is 1. The Kier molecular flexibility index (Phi) is 4.21. The molecular weight excluding hydrogens is 328 g/mol. The number of para-hydroxylation sites is 1. The number of nitrogens with one attached hydrogen (secondary N) is 2. The Bertz CT molecular complexity index is 990. The van der Waals surface area contributed by atoms with Gasteiger partial charge in [-0.3, -0.25) is 4.79 Å². The molecule has 0 aliphatic heterocycles. The second kappa shape index (κ2) is 6.67. The molecule has 0 radical (unpaired) electrons. The van der Waals surface area contributed by atoms with Crippen molar-refractivity contribution in [3.05, 3.63) is 70.9 Å². The molecule has 1 heterocycles. The number of benzene rings is 2. The SMILES string of the molecule is O=C(Cc1c(C(=O)[O-])[nH]c2ccccc12)NC1CCCc2ccccc21. The summed E-state index contributed by atoms with van der Waals surface area (Å²) in [5.74, 6) is -1.48. The lowest BCUT2D eigenvalue weighted by atomic mass is 9.87. The number of aromatic nitrogens is 1. The Balaban J connectivity index is 1.59. The molecule has 1 aliphatic carbocycles. The van der Waals surface area contributed by atoms with Gasteiger partial charge in [0, 0.05) is 10.9 Å². The lowest BCUT2D eigenvalue weighted by Gasteiger charge is -2.26. The van der Waals surface area contributed by atoms with Crippen LogP contribution in [-0.2, 0) is 17.6 Å². The van der Waals surface area contributed by atoms with Gasteiger partial charge >= 0.3 is 0 Å². The monoisotopic (exact) mass is 347 g/mol. The van der Waals surface area contributed by atoms with E-state index in [9.17, 15) is 14.7 Å². The fraction of sp³-hybridized carbons (Fsp3) is 0.238. The molecule has 1 aromatic heterocycles. The van der Waals surface area contributed by atoms with Crippen LogP contribution in [0.4, 0.5) is 0 Å².